The first-order valence-corrected chi connectivity index (χ1v) is 8.84. The third kappa shape index (κ3) is 6.11. The van der Waals surface area contributed by atoms with Crippen molar-refractivity contribution < 1.29 is 42.3 Å². The van der Waals surface area contributed by atoms with Gasteiger partial charge in [0, 0.05) is 51.4 Å². The number of hydrogen-bond acceptors (Lipinski definition) is 2. The Hall–Kier alpha value is -2.30. The minimum Gasteiger partial charge on any atom is -0.361 e. The van der Waals surface area contributed by atoms with Crippen molar-refractivity contribution in [3.05, 3.63) is 95.6 Å². The summed E-state index contributed by atoms with van der Waals surface area (Å²) in [6.07, 6.45) is 0. The van der Waals surface area contributed by atoms with Crippen LogP contribution in [0, 0.1) is 13.0 Å². The molecular formula is C23H21N2O2Y-. The molecule has 139 valence electrons. The zero-order valence-corrected chi connectivity index (χ0v) is 18.6. The Morgan fingerprint density at radius 3 is 1.86 bits per heavy atom. The molecule has 0 fully saturated rings. The monoisotopic (exact) mass is 446 g/mol. The zero-order chi connectivity index (χ0) is 19.1. The molecule has 2 amide bonds. The fraction of sp³-hybridized carbons (Fsp3) is 0.130. The van der Waals surface area contributed by atoms with E-state index in [9.17, 15) is 9.59 Å². The smallest absolute Gasteiger partial charge is 0.251 e. The molecule has 0 spiro atoms. The molecule has 0 saturated carbocycles. The Kier molecular flexibility index (Phi) is 8.55. The Morgan fingerprint density at radius 2 is 1.29 bits per heavy atom. The molecule has 0 aromatic heterocycles. The van der Waals surface area contributed by atoms with Gasteiger partial charge in [-0.15, -0.1) is 0 Å². The van der Waals surface area contributed by atoms with Gasteiger partial charge in [-0.3, -0.25) is 9.59 Å². The summed E-state index contributed by atoms with van der Waals surface area (Å²) in [6, 6.07) is 25.7. The van der Waals surface area contributed by atoms with Gasteiger partial charge >= 0.3 is 0 Å². The molecule has 0 heterocycles. The van der Waals surface area contributed by atoms with Gasteiger partial charge in [0.25, 0.3) is 5.91 Å². The summed E-state index contributed by atoms with van der Waals surface area (Å²) in [4.78, 5) is 24.2. The van der Waals surface area contributed by atoms with Crippen LogP contribution in [-0.4, -0.2) is 24.9 Å². The van der Waals surface area contributed by atoms with E-state index in [0.717, 1.165) is 16.7 Å². The van der Waals surface area contributed by atoms with Gasteiger partial charge in [0.2, 0.25) is 0 Å². The van der Waals surface area contributed by atoms with E-state index in [2.05, 4.69) is 16.7 Å². The van der Waals surface area contributed by atoms with Crippen molar-refractivity contribution in [1.29, 1.82) is 0 Å². The number of carbonyl (C=O) groups is 2. The Bertz CT molecular complexity index is 908. The van der Waals surface area contributed by atoms with Gasteiger partial charge in [-0.05, 0) is 23.3 Å². The van der Waals surface area contributed by atoms with Crippen LogP contribution in [-0.2, 0) is 32.7 Å². The second kappa shape index (κ2) is 10.9. The van der Waals surface area contributed by atoms with Crippen molar-refractivity contribution in [2.24, 2.45) is 0 Å². The molecule has 1 radical (unpaired) electrons. The average molecular weight is 446 g/mol. The summed E-state index contributed by atoms with van der Waals surface area (Å²) in [5, 5.41) is 5.59. The summed E-state index contributed by atoms with van der Waals surface area (Å²) < 4.78 is 0. The molecule has 0 aliphatic heterocycles. The van der Waals surface area contributed by atoms with E-state index < -0.39 is 0 Å². The predicted octanol–water partition coefficient (Wildman–Crippen LogP) is 3.62. The van der Waals surface area contributed by atoms with Gasteiger partial charge in [-0.25, -0.2) is 0 Å². The van der Waals surface area contributed by atoms with E-state index in [4.69, 9.17) is 0 Å². The molecule has 3 rings (SSSR count). The number of amides is 2. The van der Waals surface area contributed by atoms with Crippen LogP contribution in [0.4, 0.5) is 0 Å². The van der Waals surface area contributed by atoms with Gasteiger partial charge in [0.05, 0.1) is 0 Å². The molecule has 0 aliphatic carbocycles. The van der Waals surface area contributed by atoms with Crippen LogP contribution in [0.1, 0.15) is 26.3 Å². The van der Waals surface area contributed by atoms with Gasteiger partial charge in [-0.2, -0.15) is 29.8 Å². The number of rotatable bonds is 6. The van der Waals surface area contributed by atoms with E-state index >= 15 is 0 Å². The maximum Gasteiger partial charge on any atom is 0.251 e. The number of carbonyl (C=O) groups excluding carboxylic acids is 2. The predicted molar refractivity (Wildman–Crippen MR) is 107 cm³/mol. The van der Waals surface area contributed by atoms with Gasteiger partial charge in [0.1, 0.15) is 0 Å². The molecular weight excluding hydrogens is 425 g/mol. The van der Waals surface area contributed by atoms with Crippen LogP contribution >= 0.6 is 0 Å². The van der Waals surface area contributed by atoms with Crippen molar-refractivity contribution in [3.8, 4) is 11.1 Å². The maximum absolute atomic E-state index is 12.2. The molecule has 0 bridgehead atoms. The average Bonchev–Trinajstić information content (AvgIpc) is 2.72. The SMILES string of the molecule is Cc1[c-]cc(C(=O)NCCNC(=O)c2ccc(-c3ccccc3)cc2)cc1.[Y]. The van der Waals surface area contributed by atoms with Crippen LogP contribution in [0.3, 0.4) is 0 Å². The van der Waals surface area contributed by atoms with Crippen molar-refractivity contribution in [2.75, 3.05) is 13.1 Å². The molecule has 2 N–H and O–H groups in total. The first kappa shape index (κ1) is 22.0. The largest absolute Gasteiger partial charge is 0.361 e. The molecule has 0 saturated heterocycles. The summed E-state index contributed by atoms with van der Waals surface area (Å²) >= 11 is 0. The fourth-order valence-corrected chi connectivity index (χ4v) is 2.64. The van der Waals surface area contributed by atoms with E-state index in [-0.39, 0.29) is 44.5 Å². The molecule has 5 heteroatoms. The third-order valence-electron chi connectivity index (χ3n) is 4.18. The second-order valence-corrected chi connectivity index (χ2v) is 6.22. The fourth-order valence-electron chi connectivity index (χ4n) is 2.64. The number of aryl methyl sites for hydroxylation is 1. The standard InChI is InChI=1S/C23H21N2O2.Y/c1-17-7-9-20(10-8-17)22(26)24-15-16-25-23(27)21-13-11-19(12-14-21)18-5-3-2-4-6-18;/h2-7,9-14H,15-16H2,1H3,(H,24,26)(H,25,27);/q-1;. The Morgan fingerprint density at radius 1 is 0.750 bits per heavy atom. The van der Waals surface area contributed by atoms with Crippen molar-refractivity contribution in [1.82, 2.24) is 10.6 Å². The van der Waals surface area contributed by atoms with E-state index in [1.807, 2.05) is 55.5 Å². The van der Waals surface area contributed by atoms with Crippen LogP contribution in [0.2, 0.25) is 0 Å². The minimum absolute atomic E-state index is 0. The molecule has 28 heavy (non-hydrogen) atoms. The van der Waals surface area contributed by atoms with Gasteiger partial charge in [-0.1, -0.05) is 55.0 Å². The molecule has 0 atom stereocenters. The van der Waals surface area contributed by atoms with Crippen LogP contribution < -0.4 is 10.6 Å². The van der Waals surface area contributed by atoms with E-state index in [1.54, 1.807) is 24.3 Å². The summed E-state index contributed by atoms with van der Waals surface area (Å²) in [7, 11) is 0. The maximum atomic E-state index is 12.2. The van der Waals surface area contributed by atoms with Crippen LogP contribution in [0.25, 0.3) is 11.1 Å². The number of benzene rings is 3. The summed E-state index contributed by atoms with van der Waals surface area (Å²) in [5.41, 5.74) is 4.31. The minimum atomic E-state index is -0.173. The van der Waals surface area contributed by atoms with E-state index in [0.29, 0.717) is 24.2 Å². The number of nitrogens with one attached hydrogen (secondary N) is 2. The normalized spacial score (nSPS) is 9.89. The summed E-state index contributed by atoms with van der Waals surface area (Å²) in [5.74, 6) is -0.333. The molecule has 3 aromatic rings. The third-order valence-corrected chi connectivity index (χ3v) is 4.18. The zero-order valence-electron chi connectivity index (χ0n) is 15.7. The van der Waals surface area contributed by atoms with Crippen molar-refractivity contribution in [3.63, 3.8) is 0 Å². The quantitative estimate of drug-likeness (QED) is 0.449. The topological polar surface area (TPSA) is 58.2 Å². The molecule has 0 aliphatic rings. The Labute approximate surface area is 190 Å². The van der Waals surface area contributed by atoms with Crippen LogP contribution in [0.5, 0.6) is 0 Å². The Balaban J connectivity index is 0.00000280. The van der Waals surface area contributed by atoms with Crippen molar-refractivity contribution >= 4 is 11.8 Å². The number of hydrogen-bond donors (Lipinski definition) is 2. The van der Waals surface area contributed by atoms with Crippen LogP contribution in [0.15, 0.2) is 72.8 Å². The molecule has 4 nitrogen and oxygen atoms in total. The van der Waals surface area contributed by atoms with Gasteiger partial charge < -0.3 is 10.6 Å². The second-order valence-electron chi connectivity index (χ2n) is 6.22. The first-order valence-electron chi connectivity index (χ1n) is 8.84. The first-order chi connectivity index (χ1) is 13.1. The van der Waals surface area contributed by atoms with Gasteiger partial charge in [0.15, 0.2) is 5.91 Å². The van der Waals surface area contributed by atoms with Crippen molar-refractivity contribution in [2.45, 2.75) is 6.92 Å². The molecule has 0 unspecified atom stereocenters. The van der Waals surface area contributed by atoms with E-state index in [1.165, 1.54) is 0 Å². The molecule has 3 aromatic carbocycles. The summed E-state index contributed by atoms with van der Waals surface area (Å²) in [6.45, 7) is 2.64.